The minimum atomic E-state index is -1.11. The molecule has 0 saturated heterocycles. The van der Waals surface area contributed by atoms with E-state index in [-0.39, 0.29) is 13.0 Å². The SMILES string of the molecule is COCCC(NC(=O)Nc1nc2ccccc2s1)C(=O)O. The summed E-state index contributed by atoms with van der Waals surface area (Å²) in [7, 11) is 1.47. The van der Waals surface area contributed by atoms with Crippen LogP contribution in [0.1, 0.15) is 6.42 Å². The van der Waals surface area contributed by atoms with Crippen molar-refractivity contribution in [3.05, 3.63) is 24.3 Å². The van der Waals surface area contributed by atoms with Crippen LogP contribution in [0.5, 0.6) is 0 Å². The van der Waals surface area contributed by atoms with Gasteiger partial charge in [-0.25, -0.2) is 14.6 Å². The monoisotopic (exact) mass is 309 g/mol. The third-order valence-corrected chi connectivity index (χ3v) is 3.68. The molecule has 1 atom stereocenters. The zero-order valence-corrected chi connectivity index (χ0v) is 12.1. The zero-order valence-electron chi connectivity index (χ0n) is 11.3. The van der Waals surface area contributed by atoms with Crippen molar-refractivity contribution in [1.82, 2.24) is 10.3 Å². The molecule has 0 aliphatic carbocycles. The summed E-state index contributed by atoms with van der Waals surface area (Å²) in [4.78, 5) is 27.1. The van der Waals surface area contributed by atoms with E-state index in [1.807, 2.05) is 24.3 Å². The summed E-state index contributed by atoms with van der Waals surface area (Å²) in [5, 5.41) is 14.4. The second-order valence-electron chi connectivity index (χ2n) is 4.26. The molecule has 0 spiro atoms. The average molecular weight is 309 g/mol. The van der Waals surface area contributed by atoms with Gasteiger partial charge in [-0.2, -0.15) is 0 Å². The maximum atomic E-state index is 11.8. The number of urea groups is 1. The number of fused-ring (bicyclic) bond motifs is 1. The van der Waals surface area contributed by atoms with E-state index in [4.69, 9.17) is 9.84 Å². The van der Waals surface area contributed by atoms with E-state index in [1.165, 1.54) is 18.4 Å². The van der Waals surface area contributed by atoms with Crippen LogP contribution in [0.4, 0.5) is 9.93 Å². The molecule has 2 aromatic rings. The molecule has 1 aromatic heterocycles. The first-order valence-corrected chi connectivity index (χ1v) is 7.06. The molecule has 1 unspecified atom stereocenters. The Morgan fingerprint density at radius 1 is 1.43 bits per heavy atom. The lowest BCUT2D eigenvalue weighted by Crippen LogP contribution is -2.43. The summed E-state index contributed by atoms with van der Waals surface area (Å²) < 4.78 is 5.76. The van der Waals surface area contributed by atoms with Crippen LogP contribution >= 0.6 is 11.3 Å². The van der Waals surface area contributed by atoms with Crippen LogP contribution in [0.2, 0.25) is 0 Å². The summed E-state index contributed by atoms with van der Waals surface area (Å²) in [5.74, 6) is -1.11. The number of ether oxygens (including phenoxy) is 1. The number of anilines is 1. The highest BCUT2D eigenvalue weighted by molar-refractivity contribution is 7.22. The molecular weight excluding hydrogens is 294 g/mol. The fourth-order valence-electron chi connectivity index (χ4n) is 1.71. The zero-order chi connectivity index (χ0) is 15.2. The van der Waals surface area contributed by atoms with Gasteiger partial charge in [0.05, 0.1) is 10.2 Å². The Balaban J connectivity index is 1.98. The Bertz CT molecular complexity index is 610. The van der Waals surface area contributed by atoms with Crippen molar-refractivity contribution in [3.8, 4) is 0 Å². The van der Waals surface area contributed by atoms with E-state index in [0.29, 0.717) is 5.13 Å². The van der Waals surface area contributed by atoms with Gasteiger partial charge in [-0.1, -0.05) is 23.5 Å². The number of benzene rings is 1. The van der Waals surface area contributed by atoms with E-state index in [9.17, 15) is 9.59 Å². The van der Waals surface area contributed by atoms with Gasteiger partial charge >= 0.3 is 12.0 Å². The molecule has 7 nitrogen and oxygen atoms in total. The predicted octanol–water partition coefficient (Wildman–Crippen LogP) is 1.91. The fraction of sp³-hybridized carbons (Fsp3) is 0.308. The number of carboxylic acid groups (broad SMARTS) is 1. The minimum absolute atomic E-state index is 0.194. The molecule has 0 bridgehead atoms. The molecule has 2 rings (SSSR count). The van der Waals surface area contributed by atoms with Gasteiger partial charge in [-0.15, -0.1) is 0 Å². The van der Waals surface area contributed by atoms with Crippen LogP contribution in [0, 0.1) is 0 Å². The number of aliphatic carboxylic acids is 1. The number of nitrogens with zero attached hydrogens (tertiary/aromatic N) is 1. The molecule has 21 heavy (non-hydrogen) atoms. The summed E-state index contributed by atoms with van der Waals surface area (Å²) >= 11 is 1.32. The molecule has 112 valence electrons. The Kier molecular flexibility index (Phi) is 5.07. The minimum Gasteiger partial charge on any atom is -0.480 e. The number of carbonyl (C=O) groups excluding carboxylic acids is 1. The standard InChI is InChI=1S/C13H15N3O4S/c1-20-7-6-9(11(17)18)14-12(19)16-13-15-8-4-2-3-5-10(8)21-13/h2-5,9H,6-7H2,1H3,(H,17,18)(H2,14,15,16,19). The van der Waals surface area contributed by atoms with Crippen molar-refractivity contribution < 1.29 is 19.4 Å². The molecule has 8 heteroatoms. The van der Waals surface area contributed by atoms with E-state index >= 15 is 0 Å². The quantitative estimate of drug-likeness (QED) is 0.756. The number of carbonyl (C=O) groups is 2. The molecule has 3 N–H and O–H groups in total. The molecule has 0 aliphatic heterocycles. The van der Waals surface area contributed by atoms with Crippen molar-refractivity contribution in [2.45, 2.75) is 12.5 Å². The second kappa shape index (κ2) is 7.00. The van der Waals surface area contributed by atoms with E-state index in [0.717, 1.165) is 10.2 Å². The van der Waals surface area contributed by atoms with Gasteiger partial charge in [0.2, 0.25) is 0 Å². The smallest absolute Gasteiger partial charge is 0.326 e. The van der Waals surface area contributed by atoms with E-state index in [2.05, 4.69) is 15.6 Å². The van der Waals surface area contributed by atoms with Gasteiger partial charge in [0, 0.05) is 20.1 Å². The van der Waals surface area contributed by atoms with Crippen LogP contribution in [-0.2, 0) is 9.53 Å². The highest BCUT2D eigenvalue weighted by Crippen LogP contribution is 2.25. The molecule has 1 heterocycles. The molecule has 2 amide bonds. The average Bonchev–Trinajstić information content (AvgIpc) is 2.85. The van der Waals surface area contributed by atoms with Crippen molar-refractivity contribution in [1.29, 1.82) is 0 Å². The molecule has 0 fully saturated rings. The van der Waals surface area contributed by atoms with Crippen LogP contribution in [0.15, 0.2) is 24.3 Å². The molecule has 0 radical (unpaired) electrons. The Morgan fingerprint density at radius 3 is 2.86 bits per heavy atom. The van der Waals surface area contributed by atoms with Crippen LogP contribution in [0.25, 0.3) is 10.2 Å². The number of para-hydroxylation sites is 1. The summed E-state index contributed by atoms with van der Waals surface area (Å²) in [6.07, 6.45) is 0.194. The number of hydrogen-bond donors (Lipinski definition) is 3. The Hall–Kier alpha value is -2.19. The number of aromatic nitrogens is 1. The summed E-state index contributed by atoms with van der Waals surface area (Å²) in [6, 6.07) is 5.88. The summed E-state index contributed by atoms with van der Waals surface area (Å²) in [5.41, 5.74) is 0.784. The molecule has 1 aromatic carbocycles. The molecule has 0 saturated carbocycles. The largest absolute Gasteiger partial charge is 0.480 e. The third kappa shape index (κ3) is 4.14. The number of hydrogen-bond acceptors (Lipinski definition) is 5. The van der Waals surface area contributed by atoms with Crippen LogP contribution in [-0.4, -0.2) is 41.8 Å². The van der Waals surface area contributed by atoms with Crippen molar-refractivity contribution in [2.75, 3.05) is 19.0 Å². The van der Waals surface area contributed by atoms with Crippen molar-refractivity contribution in [2.24, 2.45) is 0 Å². The number of rotatable bonds is 6. The number of methoxy groups -OCH3 is 1. The number of thiazole rings is 1. The highest BCUT2D eigenvalue weighted by Gasteiger charge is 2.20. The van der Waals surface area contributed by atoms with Gasteiger partial charge in [-0.05, 0) is 12.1 Å². The topological polar surface area (TPSA) is 101 Å². The van der Waals surface area contributed by atoms with E-state index < -0.39 is 18.0 Å². The highest BCUT2D eigenvalue weighted by atomic mass is 32.1. The lowest BCUT2D eigenvalue weighted by atomic mass is 10.2. The van der Waals surface area contributed by atoms with Crippen LogP contribution < -0.4 is 10.6 Å². The number of carboxylic acids is 1. The fourth-order valence-corrected chi connectivity index (χ4v) is 2.57. The molecular formula is C13H15N3O4S. The Labute approximate surface area is 124 Å². The van der Waals surface area contributed by atoms with Gasteiger partial charge in [0.25, 0.3) is 0 Å². The number of nitrogens with one attached hydrogen (secondary N) is 2. The predicted molar refractivity (Wildman–Crippen MR) is 79.7 cm³/mol. The lowest BCUT2D eigenvalue weighted by molar-refractivity contribution is -0.139. The third-order valence-electron chi connectivity index (χ3n) is 2.73. The van der Waals surface area contributed by atoms with Gasteiger partial charge in [-0.3, -0.25) is 5.32 Å². The van der Waals surface area contributed by atoms with E-state index in [1.54, 1.807) is 0 Å². The second-order valence-corrected chi connectivity index (χ2v) is 5.29. The first-order chi connectivity index (χ1) is 10.1. The van der Waals surface area contributed by atoms with Gasteiger partial charge in [0.15, 0.2) is 5.13 Å². The Morgan fingerprint density at radius 2 is 2.19 bits per heavy atom. The lowest BCUT2D eigenvalue weighted by Gasteiger charge is -2.13. The normalized spacial score (nSPS) is 12.0. The van der Waals surface area contributed by atoms with Gasteiger partial charge < -0.3 is 15.2 Å². The van der Waals surface area contributed by atoms with Crippen LogP contribution in [0.3, 0.4) is 0 Å². The molecule has 0 aliphatic rings. The van der Waals surface area contributed by atoms with Crippen molar-refractivity contribution in [3.63, 3.8) is 0 Å². The maximum Gasteiger partial charge on any atom is 0.326 e. The van der Waals surface area contributed by atoms with Crippen molar-refractivity contribution >= 4 is 38.7 Å². The maximum absolute atomic E-state index is 11.8. The first kappa shape index (κ1) is 15.2. The van der Waals surface area contributed by atoms with Gasteiger partial charge in [0.1, 0.15) is 6.04 Å². The summed E-state index contributed by atoms with van der Waals surface area (Å²) in [6.45, 7) is 0.248. The first-order valence-electron chi connectivity index (χ1n) is 6.25. The number of amides is 2.